The molecule has 0 radical (unpaired) electrons. The van der Waals surface area contributed by atoms with Crippen molar-refractivity contribution in [3.05, 3.63) is 70.3 Å². The Hall–Kier alpha value is -3.79. The van der Waals surface area contributed by atoms with Gasteiger partial charge < -0.3 is 14.8 Å². The standard InChI is InChI=1S/C25H27N5O4S/c1-6-21(23(31)26-19-14-18(33-4)9-10-20(19)34-5)35-25-28-27-22-24(32)29(11-12-30(22)25)17-8-7-15(2)16(3)13-17/h7-14,21H,6H2,1-5H3,(H,26,31)/t21-/m0/s1. The van der Waals surface area contributed by atoms with E-state index in [4.69, 9.17) is 9.47 Å². The lowest BCUT2D eigenvalue weighted by molar-refractivity contribution is -0.115. The maximum absolute atomic E-state index is 13.1. The number of rotatable bonds is 8. The number of benzene rings is 2. The molecule has 9 nitrogen and oxygen atoms in total. The largest absolute Gasteiger partial charge is 0.497 e. The second-order valence-corrected chi connectivity index (χ2v) is 9.16. The van der Waals surface area contributed by atoms with Gasteiger partial charge in [-0.3, -0.25) is 18.6 Å². The van der Waals surface area contributed by atoms with Crippen LogP contribution in [0.2, 0.25) is 0 Å². The monoisotopic (exact) mass is 493 g/mol. The van der Waals surface area contributed by atoms with Crippen molar-refractivity contribution in [2.45, 2.75) is 37.6 Å². The molecule has 10 heteroatoms. The Labute approximate surface area is 207 Å². The normalized spacial score (nSPS) is 11.9. The van der Waals surface area contributed by atoms with Gasteiger partial charge >= 0.3 is 5.56 Å². The average molecular weight is 494 g/mol. The Morgan fingerprint density at radius 1 is 1.06 bits per heavy atom. The number of anilines is 1. The minimum absolute atomic E-state index is 0.193. The molecular formula is C25H27N5O4S. The van der Waals surface area contributed by atoms with Crippen LogP contribution in [0.25, 0.3) is 11.3 Å². The highest BCUT2D eigenvalue weighted by Gasteiger charge is 2.23. The number of hydrogen-bond donors (Lipinski definition) is 1. The summed E-state index contributed by atoms with van der Waals surface area (Å²) < 4.78 is 13.8. The molecule has 0 aliphatic carbocycles. The molecule has 0 aliphatic heterocycles. The third-order valence-electron chi connectivity index (χ3n) is 5.78. The predicted molar refractivity (Wildman–Crippen MR) is 136 cm³/mol. The topological polar surface area (TPSA) is 99.8 Å². The summed E-state index contributed by atoms with van der Waals surface area (Å²) in [6.07, 6.45) is 3.97. The van der Waals surface area contributed by atoms with Crippen molar-refractivity contribution in [3.63, 3.8) is 0 Å². The first-order chi connectivity index (χ1) is 16.9. The third-order valence-corrected chi connectivity index (χ3v) is 7.10. The Kier molecular flexibility index (Phi) is 7.11. The molecule has 35 heavy (non-hydrogen) atoms. The van der Waals surface area contributed by atoms with Crippen LogP contribution in [-0.2, 0) is 4.79 Å². The zero-order valence-corrected chi connectivity index (χ0v) is 21.0. The number of fused-ring (bicyclic) bond motifs is 1. The summed E-state index contributed by atoms with van der Waals surface area (Å²) in [6.45, 7) is 5.94. The number of methoxy groups -OCH3 is 2. The molecule has 4 rings (SSSR count). The van der Waals surface area contributed by atoms with E-state index in [1.807, 2.05) is 39.0 Å². The number of thioether (sulfide) groups is 1. The molecule has 0 fully saturated rings. The number of aromatic nitrogens is 4. The maximum atomic E-state index is 13.1. The number of hydrogen-bond acceptors (Lipinski definition) is 7. The highest BCUT2D eigenvalue weighted by atomic mass is 32.2. The zero-order chi connectivity index (χ0) is 25.1. The van der Waals surface area contributed by atoms with Crippen molar-refractivity contribution in [2.24, 2.45) is 0 Å². The van der Waals surface area contributed by atoms with Gasteiger partial charge in [0.15, 0.2) is 5.16 Å². The highest BCUT2D eigenvalue weighted by Crippen LogP contribution is 2.31. The first-order valence-corrected chi connectivity index (χ1v) is 12.0. The molecule has 1 atom stereocenters. The average Bonchev–Trinajstić information content (AvgIpc) is 3.28. The highest BCUT2D eigenvalue weighted by molar-refractivity contribution is 8.00. The minimum Gasteiger partial charge on any atom is -0.497 e. The van der Waals surface area contributed by atoms with Gasteiger partial charge in [-0.25, -0.2) is 0 Å². The van der Waals surface area contributed by atoms with Gasteiger partial charge in [0.2, 0.25) is 11.6 Å². The summed E-state index contributed by atoms with van der Waals surface area (Å²) in [4.78, 5) is 26.2. The quantitative estimate of drug-likeness (QED) is 0.370. The molecule has 2 heterocycles. The molecule has 1 amide bonds. The van der Waals surface area contributed by atoms with E-state index >= 15 is 0 Å². The number of nitrogens with one attached hydrogen (secondary N) is 1. The van der Waals surface area contributed by atoms with Gasteiger partial charge in [-0.05, 0) is 55.7 Å². The summed E-state index contributed by atoms with van der Waals surface area (Å²) in [6, 6.07) is 11.0. The maximum Gasteiger partial charge on any atom is 0.300 e. The number of aryl methyl sites for hydroxylation is 2. The van der Waals surface area contributed by atoms with E-state index in [1.165, 1.54) is 18.9 Å². The fraction of sp³-hybridized carbons (Fsp3) is 0.280. The Morgan fingerprint density at radius 3 is 2.54 bits per heavy atom. The van der Waals surface area contributed by atoms with E-state index in [-0.39, 0.29) is 17.1 Å². The fourth-order valence-corrected chi connectivity index (χ4v) is 4.54. The molecule has 182 valence electrons. The van der Waals surface area contributed by atoms with Gasteiger partial charge in [-0.2, -0.15) is 0 Å². The van der Waals surface area contributed by atoms with Crippen LogP contribution in [0.5, 0.6) is 11.5 Å². The predicted octanol–water partition coefficient (Wildman–Crippen LogP) is 4.02. The van der Waals surface area contributed by atoms with Crippen LogP contribution in [0.3, 0.4) is 0 Å². The van der Waals surface area contributed by atoms with Crippen molar-refractivity contribution in [1.82, 2.24) is 19.2 Å². The fourth-order valence-electron chi connectivity index (χ4n) is 3.60. The van der Waals surface area contributed by atoms with Crippen molar-refractivity contribution < 1.29 is 14.3 Å². The van der Waals surface area contributed by atoms with E-state index in [2.05, 4.69) is 15.5 Å². The summed E-state index contributed by atoms with van der Waals surface area (Å²) in [5, 5.41) is 11.2. The van der Waals surface area contributed by atoms with Crippen molar-refractivity contribution in [3.8, 4) is 17.2 Å². The van der Waals surface area contributed by atoms with E-state index in [0.29, 0.717) is 28.8 Å². The van der Waals surface area contributed by atoms with E-state index < -0.39 is 5.25 Å². The van der Waals surface area contributed by atoms with Gasteiger partial charge in [0.25, 0.3) is 0 Å². The second kappa shape index (κ2) is 10.2. The lowest BCUT2D eigenvalue weighted by atomic mass is 10.1. The van der Waals surface area contributed by atoms with E-state index in [0.717, 1.165) is 16.8 Å². The van der Waals surface area contributed by atoms with Crippen LogP contribution >= 0.6 is 11.8 Å². The van der Waals surface area contributed by atoms with Gasteiger partial charge in [0.1, 0.15) is 11.5 Å². The Morgan fingerprint density at radius 2 is 1.86 bits per heavy atom. The molecular weight excluding hydrogens is 466 g/mol. The smallest absolute Gasteiger partial charge is 0.300 e. The van der Waals surface area contributed by atoms with Crippen LogP contribution in [-0.4, -0.2) is 44.5 Å². The molecule has 0 bridgehead atoms. The van der Waals surface area contributed by atoms with Gasteiger partial charge in [0.05, 0.1) is 25.2 Å². The van der Waals surface area contributed by atoms with Crippen LogP contribution in [0.4, 0.5) is 5.69 Å². The van der Waals surface area contributed by atoms with Crippen LogP contribution in [0.15, 0.2) is 58.7 Å². The first-order valence-electron chi connectivity index (χ1n) is 11.1. The van der Waals surface area contributed by atoms with Crippen molar-refractivity contribution in [2.75, 3.05) is 19.5 Å². The molecule has 2 aromatic heterocycles. The number of carbonyl (C=O) groups excluding carboxylic acids is 1. The summed E-state index contributed by atoms with van der Waals surface area (Å²) in [5.41, 5.74) is 3.43. The van der Waals surface area contributed by atoms with Crippen molar-refractivity contribution >= 4 is 29.0 Å². The molecule has 0 unspecified atom stereocenters. The second-order valence-electron chi connectivity index (χ2n) is 7.99. The Balaban J connectivity index is 1.60. The van der Waals surface area contributed by atoms with E-state index in [1.54, 1.807) is 46.7 Å². The zero-order valence-electron chi connectivity index (χ0n) is 20.2. The lowest BCUT2D eigenvalue weighted by Gasteiger charge is -2.16. The lowest BCUT2D eigenvalue weighted by Crippen LogP contribution is -2.25. The summed E-state index contributed by atoms with van der Waals surface area (Å²) in [7, 11) is 3.10. The van der Waals surface area contributed by atoms with Crippen LogP contribution in [0, 0.1) is 13.8 Å². The minimum atomic E-state index is -0.472. The summed E-state index contributed by atoms with van der Waals surface area (Å²) >= 11 is 1.25. The van der Waals surface area contributed by atoms with Gasteiger partial charge in [0, 0.05) is 24.1 Å². The summed E-state index contributed by atoms with van der Waals surface area (Å²) in [5.74, 6) is 0.911. The molecule has 0 saturated carbocycles. The number of amides is 1. The molecule has 2 aromatic carbocycles. The number of nitrogens with zero attached hydrogens (tertiary/aromatic N) is 4. The molecule has 0 saturated heterocycles. The molecule has 1 N–H and O–H groups in total. The SMILES string of the molecule is CC[C@H](Sc1nnc2c(=O)n(-c3ccc(C)c(C)c3)ccn12)C(=O)Nc1cc(OC)ccc1OC. The van der Waals surface area contributed by atoms with E-state index in [9.17, 15) is 9.59 Å². The third kappa shape index (κ3) is 4.88. The van der Waals surface area contributed by atoms with Crippen LogP contribution < -0.4 is 20.3 Å². The van der Waals surface area contributed by atoms with Crippen LogP contribution in [0.1, 0.15) is 24.5 Å². The van der Waals surface area contributed by atoms with Gasteiger partial charge in [-0.15, -0.1) is 10.2 Å². The number of carbonyl (C=O) groups is 1. The first kappa shape index (κ1) is 24.3. The molecule has 4 aromatic rings. The van der Waals surface area contributed by atoms with Crippen molar-refractivity contribution in [1.29, 1.82) is 0 Å². The molecule has 0 spiro atoms. The van der Waals surface area contributed by atoms with Gasteiger partial charge in [-0.1, -0.05) is 24.8 Å². The Bertz CT molecular complexity index is 1450. The number of ether oxygens (including phenoxy) is 2. The molecule has 0 aliphatic rings.